The molecule has 1 unspecified atom stereocenters. The van der Waals surface area contributed by atoms with Gasteiger partial charge in [-0.15, -0.1) is 0 Å². The lowest BCUT2D eigenvalue weighted by Gasteiger charge is -2.14. The van der Waals surface area contributed by atoms with Crippen LogP contribution in [0.15, 0.2) is 24.3 Å². The van der Waals surface area contributed by atoms with Gasteiger partial charge in [-0.05, 0) is 37.5 Å². The molecule has 0 spiro atoms. The first-order valence-electron chi connectivity index (χ1n) is 7.58. The molecule has 0 aromatic heterocycles. The largest absolute Gasteiger partial charge is 0.491 e. The van der Waals surface area contributed by atoms with Crippen molar-refractivity contribution in [3.8, 4) is 5.75 Å². The molecule has 0 saturated carbocycles. The molecule has 0 radical (unpaired) electrons. The summed E-state index contributed by atoms with van der Waals surface area (Å²) in [5.41, 5.74) is 1.02. The van der Waals surface area contributed by atoms with Crippen LogP contribution in [-0.2, 0) is 30.3 Å². The molecule has 6 nitrogen and oxygen atoms in total. The first-order valence-corrected chi connectivity index (χ1v) is 9.40. The Hall–Kier alpha value is -1.60. The van der Waals surface area contributed by atoms with Gasteiger partial charge >= 0.3 is 5.97 Å². The Labute approximate surface area is 137 Å². The molecule has 130 valence electrons. The average molecular weight is 344 g/mol. The Bertz CT molecular complexity index is 579. The zero-order valence-corrected chi connectivity index (χ0v) is 14.6. The highest BCUT2D eigenvalue weighted by Gasteiger charge is 2.18. The number of benzene rings is 1. The zero-order valence-electron chi connectivity index (χ0n) is 13.8. The molecular formula is C16H24O6S. The monoisotopic (exact) mass is 344 g/mol. The van der Waals surface area contributed by atoms with Crippen molar-refractivity contribution < 1.29 is 26.9 Å². The molecule has 0 saturated heterocycles. The van der Waals surface area contributed by atoms with E-state index in [4.69, 9.17) is 9.47 Å². The smallest absolute Gasteiger partial charge is 0.309 e. The average Bonchev–Trinajstić information content (AvgIpc) is 2.49. The number of carbonyl (C=O) groups is 1. The number of rotatable bonds is 10. The minimum atomic E-state index is -3.44. The van der Waals surface area contributed by atoms with Crippen LogP contribution in [0.25, 0.3) is 0 Å². The molecule has 0 N–H and O–H groups in total. The van der Waals surface area contributed by atoms with Crippen LogP contribution in [0.2, 0.25) is 0 Å². The third-order valence-electron chi connectivity index (χ3n) is 3.17. The lowest BCUT2D eigenvalue weighted by atomic mass is 9.97. The standard InChI is InChI=1S/C16H24O6S/c1-4-14(16(17)20-5-2)12-13-6-8-15(9-7-13)21-10-11-22-23(3,18)19/h6-9,14H,4-5,10-12H2,1-3H3. The van der Waals surface area contributed by atoms with E-state index in [1.807, 2.05) is 19.1 Å². The fourth-order valence-corrected chi connectivity index (χ4v) is 2.38. The van der Waals surface area contributed by atoms with Gasteiger partial charge in [0.1, 0.15) is 19.0 Å². The molecular weight excluding hydrogens is 320 g/mol. The van der Waals surface area contributed by atoms with Crippen molar-refractivity contribution in [1.82, 2.24) is 0 Å². The number of hydrogen-bond donors (Lipinski definition) is 0. The maximum Gasteiger partial charge on any atom is 0.309 e. The lowest BCUT2D eigenvalue weighted by molar-refractivity contribution is -0.148. The summed E-state index contributed by atoms with van der Waals surface area (Å²) in [5, 5.41) is 0. The maximum atomic E-state index is 11.8. The molecule has 1 aromatic carbocycles. The van der Waals surface area contributed by atoms with Gasteiger partial charge < -0.3 is 9.47 Å². The van der Waals surface area contributed by atoms with E-state index in [9.17, 15) is 13.2 Å². The van der Waals surface area contributed by atoms with E-state index in [0.717, 1.165) is 18.2 Å². The second-order valence-electron chi connectivity index (χ2n) is 5.08. The van der Waals surface area contributed by atoms with Crippen molar-refractivity contribution in [3.05, 3.63) is 29.8 Å². The van der Waals surface area contributed by atoms with Crippen molar-refractivity contribution in [2.45, 2.75) is 26.7 Å². The van der Waals surface area contributed by atoms with Gasteiger partial charge in [-0.25, -0.2) is 0 Å². The number of hydrogen-bond acceptors (Lipinski definition) is 6. The zero-order chi connectivity index (χ0) is 17.3. The molecule has 0 heterocycles. The third-order valence-corrected chi connectivity index (χ3v) is 3.76. The summed E-state index contributed by atoms with van der Waals surface area (Å²) in [6, 6.07) is 7.34. The van der Waals surface area contributed by atoms with Gasteiger partial charge in [-0.1, -0.05) is 19.1 Å². The maximum absolute atomic E-state index is 11.8. The molecule has 0 aliphatic rings. The first-order chi connectivity index (χ1) is 10.9. The van der Waals surface area contributed by atoms with Gasteiger partial charge in [0.05, 0.1) is 18.8 Å². The van der Waals surface area contributed by atoms with E-state index in [2.05, 4.69) is 4.18 Å². The van der Waals surface area contributed by atoms with Gasteiger partial charge in [-0.2, -0.15) is 8.42 Å². The lowest BCUT2D eigenvalue weighted by Crippen LogP contribution is -2.19. The Kier molecular flexibility index (Phi) is 8.05. The van der Waals surface area contributed by atoms with Crippen LogP contribution < -0.4 is 4.74 Å². The van der Waals surface area contributed by atoms with Crippen LogP contribution in [-0.4, -0.2) is 40.5 Å². The highest BCUT2D eigenvalue weighted by atomic mass is 32.2. The molecule has 1 rings (SSSR count). The fraction of sp³-hybridized carbons (Fsp3) is 0.562. The summed E-state index contributed by atoms with van der Waals surface area (Å²) in [4.78, 5) is 11.8. The number of ether oxygens (including phenoxy) is 2. The Morgan fingerprint density at radius 2 is 1.78 bits per heavy atom. The fourth-order valence-electron chi connectivity index (χ4n) is 2.01. The second-order valence-corrected chi connectivity index (χ2v) is 6.72. The van der Waals surface area contributed by atoms with Crippen LogP contribution in [0, 0.1) is 5.92 Å². The van der Waals surface area contributed by atoms with E-state index in [0.29, 0.717) is 18.8 Å². The quantitative estimate of drug-likeness (QED) is 0.368. The topological polar surface area (TPSA) is 78.9 Å². The van der Waals surface area contributed by atoms with Crippen molar-refractivity contribution >= 4 is 16.1 Å². The van der Waals surface area contributed by atoms with Crippen LogP contribution in [0.4, 0.5) is 0 Å². The van der Waals surface area contributed by atoms with E-state index >= 15 is 0 Å². The van der Waals surface area contributed by atoms with Crippen molar-refractivity contribution in [2.24, 2.45) is 5.92 Å². The van der Waals surface area contributed by atoms with Crippen LogP contribution in [0.5, 0.6) is 5.75 Å². The first kappa shape index (κ1) is 19.4. The Balaban J connectivity index is 2.47. The van der Waals surface area contributed by atoms with Crippen LogP contribution in [0.1, 0.15) is 25.8 Å². The summed E-state index contributed by atoms with van der Waals surface area (Å²) >= 11 is 0. The molecule has 0 bridgehead atoms. The van der Waals surface area contributed by atoms with Gasteiger partial charge in [0.2, 0.25) is 0 Å². The second kappa shape index (κ2) is 9.52. The van der Waals surface area contributed by atoms with Gasteiger partial charge in [-0.3, -0.25) is 8.98 Å². The highest BCUT2D eigenvalue weighted by Crippen LogP contribution is 2.18. The molecule has 1 atom stereocenters. The molecule has 0 aliphatic carbocycles. The van der Waals surface area contributed by atoms with Crippen LogP contribution in [0.3, 0.4) is 0 Å². The van der Waals surface area contributed by atoms with Gasteiger partial charge in [0.25, 0.3) is 10.1 Å². The molecule has 0 aliphatic heterocycles. The summed E-state index contributed by atoms with van der Waals surface area (Å²) in [6.45, 7) is 4.26. The molecule has 1 aromatic rings. The normalized spacial score (nSPS) is 12.7. The van der Waals surface area contributed by atoms with E-state index < -0.39 is 10.1 Å². The van der Waals surface area contributed by atoms with E-state index in [1.165, 1.54) is 0 Å². The number of carbonyl (C=O) groups excluding carboxylic acids is 1. The molecule has 23 heavy (non-hydrogen) atoms. The molecule has 0 fully saturated rings. The number of esters is 1. The Morgan fingerprint density at radius 3 is 2.30 bits per heavy atom. The van der Waals surface area contributed by atoms with Gasteiger partial charge in [0, 0.05) is 0 Å². The minimum Gasteiger partial charge on any atom is -0.491 e. The van der Waals surface area contributed by atoms with E-state index in [1.54, 1.807) is 19.1 Å². The third kappa shape index (κ3) is 7.99. The van der Waals surface area contributed by atoms with Crippen LogP contribution >= 0.6 is 0 Å². The summed E-state index contributed by atoms with van der Waals surface area (Å²) in [6.07, 6.45) is 2.34. The summed E-state index contributed by atoms with van der Waals surface area (Å²) < 4.78 is 36.6. The van der Waals surface area contributed by atoms with Crippen molar-refractivity contribution in [1.29, 1.82) is 0 Å². The van der Waals surface area contributed by atoms with Crippen molar-refractivity contribution in [3.63, 3.8) is 0 Å². The minimum absolute atomic E-state index is 0.0264. The summed E-state index contributed by atoms with van der Waals surface area (Å²) in [7, 11) is -3.44. The Morgan fingerprint density at radius 1 is 1.13 bits per heavy atom. The SMILES string of the molecule is CCOC(=O)C(CC)Cc1ccc(OCCOS(C)(=O)=O)cc1. The predicted octanol–water partition coefficient (Wildman–Crippen LogP) is 2.17. The molecule has 0 amide bonds. The highest BCUT2D eigenvalue weighted by molar-refractivity contribution is 7.85. The van der Waals surface area contributed by atoms with Gasteiger partial charge in [0.15, 0.2) is 0 Å². The van der Waals surface area contributed by atoms with Crippen molar-refractivity contribution in [2.75, 3.05) is 26.1 Å². The predicted molar refractivity (Wildman–Crippen MR) is 86.9 cm³/mol. The van der Waals surface area contributed by atoms with E-state index in [-0.39, 0.29) is 25.1 Å². The summed E-state index contributed by atoms with van der Waals surface area (Å²) in [5.74, 6) is 0.299. The molecule has 7 heteroatoms.